The number of ether oxygens (including phenoxy) is 4. The molecule has 10 nitrogen and oxygen atoms in total. The van der Waals surface area contributed by atoms with Crippen LogP contribution in [-0.2, 0) is 52.8 Å². The van der Waals surface area contributed by atoms with Crippen LogP contribution in [0, 0.1) is 5.41 Å². The van der Waals surface area contributed by atoms with Gasteiger partial charge in [0.1, 0.15) is 28.8 Å². The van der Waals surface area contributed by atoms with Gasteiger partial charge >= 0.3 is 11.9 Å². The summed E-state index contributed by atoms with van der Waals surface area (Å²) in [6.07, 6.45) is 2.80. The van der Waals surface area contributed by atoms with Gasteiger partial charge in [-0.3, -0.25) is 19.2 Å². The van der Waals surface area contributed by atoms with Crippen molar-refractivity contribution in [3.05, 3.63) is 77.1 Å². The summed E-state index contributed by atoms with van der Waals surface area (Å²) >= 11 is 0. The topological polar surface area (TPSA) is 131 Å². The molecule has 2 aromatic heterocycles. The molecular weight excluding hydrogens is 532 g/mol. The standard InChI is InChI=1S/C31H34O10/c1-19(32)13-27-24-14-31(30(35)37-4,29(34)10-9-26(41-20(2)33)25(24)18-40-27)15-28(22-11-12-38-17-22)39-16-21-5-7-23(36-3)8-6-21/h5-8,11-12,17-18,26,28H,9-10,13-16H2,1-4H3/t26-,28-,31-/m0/s1. The van der Waals surface area contributed by atoms with Crippen LogP contribution in [0.15, 0.2) is 58.0 Å². The summed E-state index contributed by atoms with van der Waals surface area (Å²) in [7, 11) is 2.82. The third kappa shape index (κ3) is 6.77. The highest BCUT2D eigenvalue weighted by Gasteiger charge is 2.51. The fourth-order valence-corrected chi connectivity index (χ4v) is 5.28. The third-order valence-electron chi connectivity index (χ3n) is 7.36. The lowest BCUT2D eigenvalue weighted by atomic mass is 9.69. The van der Waals surface area contributed by atoms with E-state index in [1.807, 2.05) is 24.3 Å². The fourth-order valence-electron chi connectivity index (χ4n) is 5.28. The van der Waals surface area contributed by atoms with Gasteiger partial charge in [0.25, 0.3) is 0 Å². The largest absolute Gasteiger partial charge is 0.497 e. The fraction of sp³-hybridized carbons (Fsp3) is 0.419. The van der Waals surface area contributed by atoms with E-state index < -0.39 is 29.6 Å². The maximum atomic E-state index is 14.0. The van der Waals surface area contributed by atoms with Crippen LogP contribution in [0.25, 0.3) is 0 Å². The molecule has 3 atom stereocenters. The number of fused-ring (bicyclic) bond motifs is 1. The molecule has 0 bridgehead atoms. The Labute approximate surface area is 237 Å². The summed E-state index contributed by atoms with van der Waals surface area (Å²) in [5.41, 5.74) is 0.829. The monoisotopic (exact) mass is 566 g/mol. The Morgan fingerprint density at radius 2 is 1.83 bits per heavy atom. The van der Waals surface area contributed by atoms with E-state index in [1.54, 1.807) is 13.2 Å². The van der Waals surface area contributed by atoms with Gasteiger partial charge in [-0.25, -0.2) is 0 Å². The highest BCUT2D eigenvalue weighted by atomic mass is 16.5. The lowest BCUT2D eigenvalue weighted by Gasteiger charge is -2.35. The highest BCUT2D eigenvalue weighted by Crippen LogP contribution is 2.45. The molecule has 1 aromatic carbocycles. The number of hydrogen-bond donors (Lipinski definition) is 0. The molecule has 0 N–H and O–H groups in total. The van der Waals surface area contributed by atoms with Gasteiger partial charge in [-0.2, -0.15) is 0 Å². The molecule has 0 aliphatic heterocycles. The number of methoxy groups -OCH3 is 2. The second-order valence-corrected chi connectivity index (χ2v) is 10.2. The van der Waals surface area contributed by atoms with Crippen molar-refractivity contribution >= 4 is 23.5 Å². The molecule has 0 spiro atoms. The van der Waals surface area contributed by atoms with Crippen LogP contribution >= 0.6 is 0 Å². The first-order chi connectivity index (χ1) is 19.7. The molecule has 0 radical (unpaired) electrons. The Morgan fingerprint density at radius 3 is 2.44 bits per heavy atom. The second-order valence-electron chi connectivity index (χ2n) is 10.2. The van der Waals surface area contributed by atoms with E-state index in [0.29, 0.717) is 28.2 Å². The van der Waals surface area contributed by atoms with Gasteiger partial charge in [-0.1, -0.05) is 12.1 Å². The smallest absolute Gasteiger partial charge is 0.319 e. The molecule has 0 fully saturated rings. The molecule has 0 amide bonds. The Hall–Kier alpha value is -4.18. The van der Waals surface area contributed by atoms with Gasteiger partial charge in [0.2, 0.25) is 0 Å². The lowest BCUT2D eigenvalue weighted by molar-refractivity contribution is -0.163. The highest BCUT2D eigenvalue weighted by molar-refractivity contribution is 6.04. The molecule has 218 valence electrons. The zero-order valence-corrected chi connectivity index (χ0v) is 23.6. The number of benzene rings is 1. The van der Waals surface area contributed by atoms with Gasteiger partial charge in [-0.05, 0) is 43.5 Å². The summed E-state index contributed by atoms with van der Waals surface area (Å²) in [6.45, 7) is 2.89. The minimum absolute atomic E-state index is 0.0489. The van der Waals surface area contributed by atoms with E-state index >= 15 is 0 Å². The first kappa shape index (κ1) is 29.8. The van der Waals surface area contributed by atoms with Crippen molar-refractivity contribution in [2.24, 2.45) is 5.41 Å². The Balaban J connectivity index is 1.75. The summed E-state index contributed by atoms with van der Waals surface area (Å²) in [5, 5.41) is 0. The van der Waals surface area contributed by atoms with Crippen molar-refractivity contribution in [3.8, 4) is 5.75 Å². The summed E-state index contributed by atoms with van der Waals surface area (Å²) < 4.78 is 33.4. The first-order valence-corrected chi connectivity index (χ1v) is 13.3. The van der Waals surface area contributed by atoms with Gasteiger partial charge in [0, 0.05) is 36.5 Å². The average Bonchev–Trinajstić information content (AvgIpc) is 3.62. The van der Waals surface area contributed by atoms with E-state index in [2.05, 4.69) is 0 Å². The van der Waals surface area contributed by atoms with Crippen LogP contribution in [0.3, 0.4) is 0 Å². The summed E-state index contributed by atoms with van der Waals surface area (Å²) in [4.78, 5) is 51.6. The number of carbonyl (C=O) groups excluding carboxylic acids is 4. The van der Waals surface area contributed by atoms with Crippen LogP contribution in [0.2, 0.25) is 0 Å². The van der Waals surface area contributed by atoms with Gasteiger partial charge in [0.15, 0.2) is 5.78 Å². The molecule has 0 unspecified atom stereocenters. The molecule has 3 aromatic rings. The number of ketones is 2. The SMILES string of the molecule is COC(=O)[C@]1(C[C@H](OCc2ccc(OC)cc2)c2ccoc2)Cc2c(coc2CC(C)=O)[C@@H](OC(C)=O)CCC1=O. The average molecular weight is 567 g/mol. The van der Waals surface area contributed by atoms with E-state index in [9.17, 15) is 19.2 Å². The number of rotatable bonds is 11. The van der Waals surface area contributed by atoms with Crippen LogP contribution < -0.4 is 4.74 Å². The second kappa shape index (κ2) is 13.0. The third-order valence-corrected chi connectivity index (χ3v) is 7.36. The quantitative estimate of drug-likeness (QED) is 0.230. The minimum Gasteiger partial charge on any atom is -0.497 e. The van der Waals surface area contributed by atoms with Crippen molar-refractivity contribution in [3.63, 3.8) is 0 Å². The van der Waals surface area contributed by atoms with Crippen LogP contribution in [-0.4, -0.2) is 37.7 Å². The summed E-state index contributed by atoms with van der Waals surface area (Å²) in [6, 6.07) is 9.08. The predicted octanol–water partition coefficient (Wildman–Crippen LogP) is 5.03. The predicted molar refractivity (Wildman–Crippen MR) is 144 cm³/mol. The Morgan fingerprint density at radius 1 is 1.07 bits per heavy atom. The Bertz CT molecular complexity index is 1370. The molecule has 1 aliphatic rings. The molecule has 1 aliphatic carbocycles. The molecule has 4 rings (SSSR count). The van der Waals surface area contributed by atoms with E-state index in [4.69, 9.17) is 27.8 Å². The zero-order valence-electron chi connectivity index (χ0n) is 23.6. The van der Waals surface area contributed by atoms with Gasteiger partial charge in [0.05, 0.1) is 52.1 Å². The number of Topliss-reactive ketones (excluding diaryl/α,β-unsaturated/α-hetero) is 2. The van der Waals surface area contributed by atoms with Crippen LogP contribution in [0.4, 0.5) is 0 Å². The lowest BCUT2D eigenvalue weighted by Crippen LogP contribution is -2.45. The molecule has 10 heteroatoms. The molecule has 0 saturated heterocycles. The van der Waals surface area contributed by atoms with E-state index in [-0.39, 0.29) is 50.3 Å². The van der Waals surface area contributed by atoms with Crippen molar-refractivity contribution in [2.45, 2.75) is 64.8 Å². The Kier molecular flexibility index (Phi) is 9.44. The molecular formula is C31H34O10. The minimum atomic E-state index is -1.68. The van der Waals surface area contributed by atoms with Crippen molar-refractivity contribution in [2.75, 3.05) is 14.2 Å². The van der Waals surface area contributed by atoms with E-state index in [0.717, 1.165) is 5.56 Å². The molecule has 2 heterocycles. The zero-order chi connectivity index (χ0) is 29.6. The number of carbonyl (C=O) groups is 4. The van der Waals surface area contributed by atoms with Gasteiger partial charge < -0.3 is 27.8 Å². The molecule has 41 heavy (non-hydrogen) atoms. The van der Waals surface area contributed by atoms with Crippen LogP contribution in [0.1, 0.15) is 73.3 Å². The van der Waals surface area contributed by atoms with Crippen molar-refractivity contribution < 1.29 is 47.0 Å². The van der Waals surface area contributed by atoms with Crippen molar-refractivity contribution in [1.29, 1.82) is 0 Å². The first-order valence-electron chi connectivity index (χ1n) is 13.3. The number of furan rings is 2. The van der Waals surface area contributed by atoms with E-state index in [1.165, 1.54) is 39.7 Å². The van der Waals surface area contributed by atoms with Crippen molar-refractivity contribution in [1.82, 2.24) is 0 Å². The van der Waals surface area contributed by atoms with Crippen LogP contribution in [0.5, 0.6) is 5.75 Å². The van der Waals surface area contributed by atoms with Gasteiger partial charge in [-0.15, -0.1) is 0 Å². The molecule has 0 saturated carbocycles. The maximum Gasteiger partial charge on any atom is 0.319 e. The number of hydrogen-bond acceptors (Lipinski definition) is 10. The maximum absolute atomic E-state index is 14.0. The number of esters is 2. The normalized spacial score (nSPS) is 19.4. The summed E-state index contributed by atoms with van der Waals surface area (Å²) in [5.74, 6) is -0.780.